The van der Waals surface area contributed by atoms with Crippen LogP contribution in [-0.2, 0) is 8.37 Å². The van der Waals surface area contributed by atoms with Gasteiger partial charge in [0.25, 0.3) is 0 Å². The van der Waals surface area contributed by atoms with Crippen LogP contribution in [0.4, 0.5) is 0 Å². The molecule has 0 aromatic carbocycles. The van der Waals surface area contributed by atoms with Crippen LogP contribution in [0.2, 0.25) is 0 Å². The summed E-state index contributed by atoms with van der Waals surface area (Å²) in [5.74, 6) is 0.747. The van der Waals surface area contributed by atoms with Crippen molar-refractivity contribution in [3.05, 3.63) is 34.9 Å². The zero-order valence-electron chi connectivity index (χ0n) is 18.9. The zero-order valence-corrected chi connectivity index (χ0v) is 18.5. The summed E-state index contributed by atoms with van der Waals surface area (Å²) >= 11 is 2.17. The second kappa shape index (κ2) is 7.88. The molecule has 3 fully saturated rings. The van der Waals surface area contributed by atoms with Crippen LogP contribution in [0.1, 0.15) is 52.9 Å². The van der Waals surface area contributed by atoms with Crippen molar-refractivity contribution in [2.45, 2.75) is 71.2 Å². The van der Waals surface area contributed by atoms with Crippen LogP contribution in [0, 0.1) is 22.7 Å². The number of fused-ring (bicyclic) bond motifs is 5. The number of aliphatic hydroxyl groups excluding tert-OH is 1. The van der Waals surface area contributed by atoms with E-state index in [1.54, 1.807) is 0 Å². The van der Waals surface area contributed by atoms with Crippen molar-refractivity contribution in [1.82, 2.24) is 0 Å². The highest BCUT2D eigenvalue weighted by molar-refractivity contribution is 8.16. The summed E-state index contributed by atoms with van der Waals surface area (Å²) in [6, 6.07) is 0. The molecule has 0 spiro atoms. The maximum Gasteiger partial charge on any atom is 0.209 e. The fraction of sp³-hybridized carbons (Fsp3) is 0.714. The van der Waals surface area contributed by atoms with E-state index < -0.39 is 0 Å². The van der Waals surface area contributed by atoms with E-state index >= 15 is 0 Å². The lowest BCUT2D eigenvalue weighted by Crippen LogP contribution is -2.52. The lowest BCUT2D eigenvalue weighted by atomic mass is 9.50. The van der Waals surface area contributed by atoms with Gasteiger partial charge in [0, 0.05) is 11.8 Å². The topological polar surface area (TPSA) is 38.7 Å². The van der Waals surface area contributed by atoms with Gasteiger partial charge >= 0.3 is 0 Å². The Morgan fingerprint density at radius 3 is 2.75 bits per heavy atom. The fourth-order valence-corrected chi connectivity index (χ4v) is 7.47. The summed E-state index contributed by atoms with van der Waals surface area (Å²) < 4.78 is 26.7. The molecule has 2 unspecified atom stereocenters. The van der Waals surface area contributed by atoms with Gasteiger partial charge < -0.3 is 13.5 Å². The molecule has 0 amide bonds. The molecule has 7 heteroatoms. The summed E-state index contributed by atoms with van der Waals surface area (Å²) in [5.41, 5.74) is 3.92. The lowest BCUT2D eigenvalue weighted by Gasteiger charge is -2.56. The number of allylic oxidation sites excluding steroid dienone is 4. The molecule has 0 saturated heterocycles. The van der Waals surface area contributed by atoms with Gasteiger partial charge in [0.2, 0.25) is 14.2 Å². The predicted molar refractivity (Wildman–Crippen MR) is 121 cm³/mol. The lowest BCUT2D eigenvalue weighted by molar-refractivity contribution is -0.0141. The molecule has 2 radical (unpaired) electrons. The summed E-state index contributed by atoms with van der Waals surface area (Å²) in [6.45, 7) is 6.72. The minimum Gasteiger partial charge on any atom is -0.389 e. The maximum atomic E-state index is 10.8. The Labute approximate surface area is 182 Å². The van der Waals surface area contributed by atoms with Crippen molar-refractivity contribution < 1.29 is 13.5 Å². The van der Waals surface area contributed by atoms with Crippen LogP contribution in [0.15, 0.2) is 34.9 Å². The molecule has 0 aromatic heterocycles. The van der Waals surface area contributed by atoms with Crippen molar-refractivity contribution >= 4 is 38.0 Å². The van der Waals surface area contributed by atoms with Crippen molar-refractivity contribution in [3.8, 4) is 0 Å². The van der Waals surface area contributed by atoms with E-state index in [1.165, 1.54) is 30.9 Å². The molecule has 0 aliphatic heterocycles. The molecule has 0 heterocycles. The second-order valence-electron chi connectivity index (χ2n) is 9.13. The molecule has 3 nitrogen and oxygen atoms in total. The Bertz CT molecular complexity index is 765. The van der Waals surface area contributed by atoms with E-state index in [1.807, 2.05) is 0 Å². The second-order valence-corrected chi connectivity index (χ2v) is 9.90. The number of rotatable bonds is 6. The normalized spacial score (nSPS) is 47.1. The van der Waals surface area contributed by atoms with Gasteiger partial charge in [-0.25, -0.2) is 0 Å². The van der Waals surface area contributed by atoms with E-state index in [0.717, 1.165) is 55.9 Å². The predicted octanol–water partition coefficient (Wildman–Crippen LogP) is 4.09. The molecule has 3 saturated carbocycles. The number of hydrogen-bond acceptors (Lipinski definition) is 5. The van der Waals surface area contributed by atoms with Crippen LogP contribution < -0.4 is 0 Å². The third-order valence-corrected chi connectivity index (χ3v) is 8.89. The zero-order chi connectivity index (χ0) is 21.5. The Morgan fingerprint density at radius 2 is 2.00 bits per heavy atom. The van der Waals surface area contributed by atoms with E-state index in [4.69, 9.17) is 11.0 Å². The van der Waals surface area contributed by atoms with Crippen LogP contribution in [0.25, 0.3) is 0 Å². The Balaban J connectivity index is 1.69. The highest BCUT2D eigenvalue weighted by Gasteiger charge is 2.59. The van der Waals surface area contributed by atoms with Crippen molar-refractivity contribution in [3.63, 3.8) is 0 Å². The van der Waals surface area contributed by atoms with E-state index in [0.29, 0.717) is 11.8 Å². The monoisotopic (exact) mass is 420 g/mol. The van der Waals surface area contributed by atoms with Gasteiger partial charge in [-0.2, -0.15) is 0 Å². The molecule has 4 rings (SSSR count). The van der Waals surface area contributed by atoms with Gasteiger partial charge in [0.05, 0.1) is 18.3 Å². The molecular weight excluding hydrogens is 386 g/mol. The van der Waals surface area contributed by atoms with E-state index in [9.17, 15) is 5.11 Å². The van der Waals surface area contributed by atoms with Crippen LogP contribution in [-0.4, -0.2) is 40.3 Å². The van der Waals surface area contributed by atoms with Crippen molar-refractivity contribution in [2.24, 2.45) is 22.7 Å². The summed E-state index contributed by atoms with van der Waals surface area (Å²) in [6.07, 6.45) is 10.9. The Kier molecular flexibility index (Phi) is 5.26. The number of aliphatic hydroxyl groups is 1. The van der Waals surface area contributed by atoms with Gasteiger partial charge in [0.15, 0.2) is 0 Å². The van der Waals surface area contributed by atoms with Gasteiger partial charge in [-0.15, -0.1) is 0 Å². The van der Waals surface area contributed by atoms with Crippen molar-refractivity contribution in [2.75, 3.05) is 0 Å². The summed E-state index contributed by atoms with van der Waals surface area (Å²) in [4.78, 5) is 0. The quantitative estimate of drug-likeness (QED) is 0.398. The van der Waals surface area contributed by atoms with Gasteiger partial charge in [-0.3, -0.25) is 0 Å². The first-order chi connectivity index (χ1) is 14.4. The average Bonchev–Trinajstić information content (AvgIpc) is 3.00. The molecule has 1 N–H and O–H groups in total. The summed E-state index contributed by atoms with van der Waals surface area (Å²) in [7, 11) is 2.46. The fourth-order valence-electron chi connectivity index (χ4n) is 6.76. The minimum atomic E-state index is -0.342. The average molecular weight is 420 g/mol. The van der Waals surface area contributed by atoms with Crippen LogP contribution >= 0.6 is 23.8 Å². The largest absolute Gasteiger partial charge is 0.389 e. The molecule has 7 atom stereocenters. The van der Waals surface area contributed by atoms with Gasteiger partial charge in [-0.1, -0.05) is 67.0 Å². The maximum absolute atomic E-state index is 10.8. The molecule has 4 aliphatic carbocycles. The van der Waals surface area contributed by atoms with Gasteiger partial charge in [0.1, 0.15) is 0 Å². The van der Waals surface area contributed by atoms with Gasteiger partial charge in [-0.05, 0) is 58.1 Å². The summed E-state index contributed by atoms with van der Waals surface area (Å²) in [5, 5.41) is 10.8. The molecule has 0 aromatic rings. The number of hydrogen-bond donors (Lipinski definition) is 1. The molecular formula is C21H30B2O3S2. The highest BCUT2D eigenvalue weighted by Crippen LogP contribution is 2.65. The smallest absolute Gasteiger partial charge is 0.209 e. The third kappa shape index (κ3) is 3.03. The first kappa shape index (κ1) is 18.7. The SMILES string of the molecule is [3H][B]SO[C@@H]1CC2=CC=C3C(CC[C@]4(C)C(=CC)[C@@H](O)CC34)[C@@]2(C)[C@@H](OS[B][3H])C1. The highest BCUT2D eigenvalue weighted by atomic mass is 32.2. The van der Waals surface area contributed by atoms with Crippen molar-refractivity contribution in [1.29, 1.82) is 2.67 Å². The molecule has 150 valence electrons. The van der Waals surface area contributed by atoms with E-state index in [2.05, 4.69) is 39.0 Å². The third-order valence-electron chi connectivity index (χ3n) is 8.16. The Morgan fingerprint density at radius 1 is 1.21 bits per heavy atom. The van der Waals surface area contributed by atoms with E-state index in [-0.39, 0.29) is 29.1 Å². The first-order valence-electron chi connectivity index (χ1n) is 11.4. The van der Waals surface area contributed by atoms with Crippen LogP contribution in [0.5, 0.6) is 0 Å². The molecule has 0 bridgehead atoms. The minimum absolute atomic E-state index is 0.000930. The first-order valence-corrected chi connectivity index (χ1v) is 11.8. The Hall–Kier alpha value is -0.0701. The standard InChI is InChI=1S/C21H30B2O3S2/c1-4-15-18(24)11-17-14-6-5-12-9-13(25-27-22)10-19(26-28-23)21(12,3)16(14)7-8-20(15,17)2/h4-6,13,16-19,22-24H,7-11H2,1-3H3/t13-,16?,17?,18+,19+,20-,21+/m1/s1/i22T,23T. The molecule has 4 aliphatic rings. The van der Waals surface area contributed by atoms with Crippen LogP contribution in [0.3, 0.4) is 0 Å². The molecule has 28 heavy (non-hydrogen) atoms.